The normalized spacial score (nSPS) is 12.0. The summed E-state index contributed by atoms with van der Waals surface area (Å²) in [5.41, 5.74) is 1.86. The van der Waals surface area contributed by atoms with E-state index >= 15 is 0 Å². The zero-order valence-corrected chi connectivity index (χ0v) is 17.2. The molecular formula is C21H25BrO2S. The molecule has 0 bridgehead atoms. The SMILES string of the molecule is CCCCCCC(Sc1ccc(Br)cc1)c1ccc(C(=O)OC)cc1. The maximum atomic E-state index is 11.6. The molecule has 0 spiro atoms. The first-order chi connectivity index (χ1) is 12.1. The van der Waals surface area contributed by atoms with Crippen molar-refractivity contribution in [3.63, 3.8) is 0 Å². The fourth-order valence-corrected chi connectivity index (χ4v) is 4.14. The van der Waals surface area contributed by atoms with Gasteiger partial charge in [0.15, 0.2) is 0 Å². The van der Waals surface area contributed by atoms with Crippen LogP contribution in [0.5, 0.6) is 0 Å². The highest BCUT2D eigenvalue weighted by Crippen LogP contribution is 2.39. The number of carbonyl (C=O) groups excluding carboxylic acids is 1. The fraction of sp³-hybridized carbons (Fsp3) is 0.381. The van der Waals surface area contributed by atoms with Crippen LogP contribution in [0.3, 0.4) is 0 Å². The van der Waals surface area contributed by atoms with Gasteiger partial charge in [-0.15, -0.1) is 11.8 Å². The van der Waals surface area contributed by atoms with Crippen molar-refractivity contribution in [2.45, 2.75) is 49.2 Å². The fourth-order valence-electron chi connectivity index (χ4n) is 2.68. The Balaban J connectivity index is 2.12. The van der Waals surface area contributed by atoms with Gasteiger partial charge in [-0.2, -0.15) is 0 Å². The summed E-state index contributed by atoms with van der Waals surface area (Å²) < 4.78 is 5.88. The molecule has 0 saturated heterocycles. The van der Waals surface area contributed by atoms with Crippen LogP contribution < -0.4 is 0 Å². The van der Waals surface area contributed by atoms with E-state index in [4.69, 9.17) is 4.74 Å². The number of unbranched alkanes of at least 4 members (excludes halogenated alkanes) is 3. The van der Waals surface area contributed by atoms with E-state index in [9.17, 15) is 4.79 Å². The molecule has 134 valence electrons. The van der Waals surface area contributed by atoms with Crippen molar-refractivity contribution in [3.05, 3.63) is 64.1 Å². The third kappa shape index (κ3) is 6.52. The minimum atomic E-state index is -0.286. The van der Waals surface area contributed by atoms with Gasteiger partial charge in [0.25, 0.3) is 0 Å². The van der Waals surface area contributed by atoms with Gasteiger partial charge in [0.05, 0.1) is 12.7 Å². The summed E-state index contributed by atoms with van der Waals surface area (Å²) in [5, 5.41) is 0.393. The molecule has 0 aromatic heterocycles. The van der Waals surface area contributed by atoms with Gasteiger partial charge in [-0.1, -0.05) is 60.7 Å². The van der Waals surface area contributed by atoms with E-state index in [-0.39, 0.29) is 5.97 Å². The molecule has 1 unspecified atom stereocenters. The van der Waals surface area contributed by atoms with E-state index in [1.807, 2.05) is 23.9 Å². The van der Waals surface area contributed by atoms with Crippen molar-refractivity contribution >= 4 is 33.7 Å². The van der Waals surface area contributed by atoms with Gasteiger partial charge < -0.3 is 4.74 Å². The second-order valence-electron chi connectivity index (χ2n) is 6.02. The van der Waals surface area contributed by atoms with Crippen molar-refractivity contribution in [2.24, 2.45) is 0 Å². The van der Waals surface area contributed by atoms with Crippen LogP contribution in [0.1, 0.15) is 60.2 Å². The Morgan fingerprint density at radius 2 is 1.72 bits per heavy atom. The van der Waals surface area contributed by atoms with E-state index < -0.39 is 0 Å². The highest BCUT2D eigenvalue weighted by molar-refractivity contribution is 9.10. The zero-order valence-electron chi connectivity index (χ0n) is 14.8. The maximum Gasteiger partial charge on any atom is 0.337 e. The highest BCUT2D eigenvalue weighted by atomic mass is 79.9. The molecule has 25 heavy (non-hydrogen) atoms. The third-order valence-corrected chi connectivity index (χ3v) is 5.98. The molecule has 0 N–H and O–H groups in total. The van der Waals surface area contributed by atoms with Crippen molar-refractivity contribution in [1.29, 1.82) is 0 Å². The maximum absolute atomic E-state index is 11.6. The summed E-state index contributed by atoms with van der Waals surface area (Å²) in [7, 11) is 1.41. The Labute approximate surface area is 163 Å². The van der Waals surface area contributed by atoms with Gasteiger partial charge >= 0.3 is 5.97 Å². The lowest BCUT2D eigenvalue weighted by molar-refractivity contribution is 0.0600. The number of thioether (sulfide) groups is 1. The summed E-state index contributed by atoms with van der Waals surface area (Å²) in [4.78, 5) is 12.9. The zero-order chi connectivity index (χ0) is 18.1. The molecule has 2 aromatic rings. The second kappa shape index (κ2) is 10.7. The second-order valence-corrected chi connectivity index (χ2v) is 8.22. The first kappa shape index (κ1) is 20.1. The summed E-state index contributed by atoms with van der Waals surface area (Å²) in [6.45, 7) is 2.24. The Bertz CT molecular complexity index is 653. The van der Waals surface area contributed by atoms with Crippen LogP contribution in [0.15, 0.2) is 57.9 Å². The van der Waals surface area contributed by atoms with Gasteiger partial charge in [0, 0.05) is 14.6 Å². The average molecular weight is 421 g/mol. The molecule has 0 amide bonds. The molecule has 0 aliphatic carbocycles. The van der Waals surface area contributed by atoms with Crippen molar-refractivity contribution in [1.82, 2.24) is 0 Å². The summed E-state index contributed by atoms with van der Waals surface area (Å²) in [6.07, 6.45) is 6.17. The molecule has 0 heterocycles. The molecule has 1 atom stereocenters. The molecule has 0 saturated carbocycles. The Morgan fingerprint density at radius 1 is 1.04 bits per heavy atom. The topological polar surface area (TPSA) is 26.3 Å². The molecule has 0 radical (unpaired) electrons. The molecule has 2 aromatic carbocycles. The predicted octanol–water partition coefficient (Wildman–Crippen LogP) is 7.04. The summed E-state index contributed by atoms with van der Waals surface area (Å²) in [6, 6.07) is 16.3. The van der Waals surface area contributed by atoms with Crippen LogP contribution in [0.2, 0.25) is 0 Å². The van der Waals surface area contributed by atoms with Crippen LogP contribution in [-0.2, 0) is 4.74 Å². The van der Waals surface area contributed by atoms with E-state index in [2.05, 4.69) is 59.3 Å². The first-order valence-electron chi connectivity index (χ1n) is 8.74. The smallest absolute Gasteiger partial charge is 0.337 e. The van der Waals surface area contributed by atoms with Gasteiger partial charge in [-0.05, 0) is 48.4 Å². The minimum Gasteiger partial charge on any atom is -0.465 e. The van der Waals surface area contributed by atoms with Crippen molar-refractivity contribution in [2.75, 3.05) is 7.11 Å². The number of hydrogen-bond donors (Lipinski definition) is 0. The van der Waals surface area contributed by atoms with Crippen LogP contribution in [0.4, 0.5) is 0 Å². The molecular weight excluding hydrogens is 396 g/mol. The van der Waals surface area contributed by atoms with Crippen LogP contribution in [0.25, 0.3) is 0 Å². The van der Waals surface area contributed by atoms with E-state index in [0.717, 1.165) is 10.9 Å². The van der Waals surface area contributed by atoms with Gasteiger partial charge in [0.2, 0.25) is 0 Å². The van der Waals surface area contributed by atoms with Gasteiger partial charge in [-0.3, -0.25) is 0 Å². The van der Waals surface area contributed by atoms with Crippen LogP contribution in [0, 0.1) is 0 Å². The Hall–Kier alpha value is -1.26. The average Bonchev–Trinajstić information content (AvgIpc) is 2.65. The van der Waals surface area contributed by atoms with Crippen LogP contribution >= 0.6 is 27.7 Å². The largest absolute Gasteiger partial charge is 0.465 e. The summed E-state index contributed by atoms with van der Waals surface area (Å²) >= 11 is 5.38. The number of rotatable bonds is 9. The number of hydrogen-bond acceptors (Lipinski definition) is 3. The Kier molecular flexibility index (Phi) is 8.56. The monoisotopic (exact) mass is 420 g/mol. The molecule has 0 fully saturated rings. The summed E-state index contributed by atoms with van der Waals surface area (Å²) in [5.74, 6) is -0.286. The number of benzene rings is 2. The standard InChI is InChI=1S/C21H25BrO2S/c1-3-4-5-6-7-20(25-19-14-12-18(22)13-15-19)16-8-10-17(11-9-16)21(23)24-2/h8-15,20H,3-7H2,1-2H3. The lowest BCUT2D eigenvalue weighted by Gasteiger charge is -2.17. The lowest BCUT2D eigenvalue weighted by Crippen LogP contribution is -2.02. The quantitative estimate of drug-likeness (QED) is 0.247. The minimum absolute atomic E-state index is 0.286. The molecule has 4 heteroatoms. The van der Waals surface area contributed by atoms with Gasteiger partial charge in [-0.25, -0.2) is 4.79 Å². The van der Waals surface area contributed by atoms with Gasteiger partial charge in [0.1, 0.15) is 0 Å². The molecule has 2 rings (SSSR count). The molecule has 2 nitrogen and oxygen atoms in total. The predicted molar refractivity (Wildman–Crippen MR) is 109 cm³/mol. The lowest BCUT2D eigenvalue weighted by atomic mass is 10.0. The van der Waals surface area contributed by atoms with E-state index in [0.29, 0.717) is 10.8 Å². The first-order valence-corrected chi connectivity index (χ1v) is 10.4. The third-order valence-electron chi connectivity index (χ3n) is 4.12. The molecule has 0 aliphatic rings. The van der Waals surface area contributed by atoms with E-state index in [1.165, 1.54) is 43.3 Å². The van der Waals surface area contributed by atoms with E-state index in [1.54, 1.807) is 0 Å². The Morgan fingerprint density at radius 3 is 2.32 bits per heavy atom. The highest BCUT2D eigenvalue weighted by Gasteiger charge is 2.14. The number of halogens is 1. The molecule has 0 aliphatic heterocycles. The van der Waals surface area contributed by atoms with Crippen molar-refractivity contribution < 1.29 is 9.53 Å². The number of carbonyl (C=O) groups is 1. The van der Waals surface area contributed by atoms with Crippen molar-refractivity contribution in [3.8, 4) is 0 Å². The number of methoxy groups -OCH3 is 1. The number of esters is 1. The number of ether oxygens (including phenoxy) is 1. The van der Waals surface area contributed by atoms with Crippen LogP contribution in [-0.4, -0.2) is 13.1 Å².